The van der Waals surface area contributed by atoms with E-state index in [0.717, 1.165) is 30.6 Å². The van der Waals surface area contributed by atoms with Crippen molar-refractivity contribution in [2.75, 3.05) is 6.54 Å². The van der Waals surface area contributed by atoms with Gasteiger partial charge in [-0.25, -0.2) is 5.43 Å². The molecule has 1 aliphatic heterocycles. The van der Waals surface area contributed by atoms with Gasteiger partial charge in [-0.1, -0.05) is 12.1 Å². The molecule has 0 unspecified atom stereocenters. The average molecular weight is 329 g/mol. The molecule has 24 heavy (non-hydrogen) atoms. The van der Waals surface area contributed by atoms with Crippen LogP contribution >= 0.6 is 0 Å². The number of nitrogens with zero attached hydrogens (tertiary/aromatic N) is 1. The van der Waals surface area contributed by atoms with Crippen molar-refractivity contribution in [3.63, 3.8) is 0 Å². The molecule has 1 aromatic carbocycles. The van der Waals surface area contributed by atoms with Crippen LogP contribution in [0.15, 0.2) is 29.4 Å². The number of hydrogen-bond donors (Lipinski definition) is 2. The van der Waals surface area contributed by atoms with Gasteiger partial charge in [0.05, 0.1) is 6.10 Å². The molecular weight excluding hydrogens is 306 g/mol. The maximum Gasteiger partial charge on any atom is 0.267 e. The van der Waals surface area contributed by atoms with Gasteiger partial charge in [0.1, 0.15) is 11.5 Å². The van der Waals surface area contributed by atoms with Gasteiger partial charge in [0.15, 0.2) is 0 Å². The number of amides is 2. The molecule has 6 heteroatoms. The van der Waals surface area contributed by atoms with Crippen LogP contribution < -0.4 is 15.5 Å². The van der Waals surface area contributed by atoms with Crippen LogP contribution in [0.25, 0.3) is 0 Å². The number of carbonyl (C=O) groups is 2. The number of benzene rings is 1. The summed E-state index contributed by atoms with van der Waals surface area (Å²) < 4.78 is 5.94. The SMILES string of the molecule is O=C1CCC(C(=O)NCCc2ccc(OC3CCCC3)cc2)=NN1. The van der Waals surface area contributed by atoms with Gasteiger partial charge in [-0.15, -0.1) is 0 Å². The fourth-order valence-electron chi connectivity index (χ4n) is 2.99. The lowest BCUT2D eigenvalue weighted by atomic mass is 10.1. The predicted molar refractivity (Wildman–Crippen MR) is 90.9 cm³/mol. The Morgan fingerprint density at radius 2 is 1.96 bits per heavy atom. The lowest BCUT2D eigenvalue weighted by Crippen LogP contribution is -2.37. The summed E-state index contributed by atoms with van der Waals surface area (Å²) in [4.78, 5) is 22.9. The van der Waals surface area contributed by atoms with Gasteiger partial charge in [-0.3, -0.25) is 9.59 Å². The zero-order chi connectivity index (χ0) is 16.8. The highest BCUT2D eigenvalue weighted by Gasteiger charge is 2.18. The monoisotopic (exact) mass is 329 g/mol. The fourth-order valence-corrected chi connectivity index (χ4v) is 2.99. The molecule has 0 spiro atoms. The molecule has 0 saturated heterocycles. The molecule has 1 saturated carbocycles. The minimum absolute atomic E-state index is 0.147. The first-order chi connectivity index (χ1) is 11.7. The van der Waals surface area contributed by atoms with E-state index in [-0.39, 0.29) is 11.8 Å². The normalized spacial score (nSPS) is 18.0. The van der Waals surface area contributed by atoms with Crippen molar-refractivity contribution < 1.29 is 14.3 Å². The van der Waals surface area contributed by atoms with Gasteiger partial charge in [0.25, 0.3) is 5.91 Å². The highest BCUT2D eigenvalue weighted by atomic mass is 16.5. The smallest absolute Gasteiger partial charge is 0.267 e. The predicted octanol–water partition coefficient (Wildman–Crippen LogP) is 1.93. The average Bonchev–Trinajstić information content (AvgIpc) is 3.10. The Labute approximate surface area is 141 Å². The minimum atomic E-state index is -0.212. The molecule has 1 heterocycles. The molecule has 0 bridgehead atoms. The standard InChI is InChI=1S/C18H23N3O3/c22-17-10-9-16(20-21-17)18(23)19-12-11-13-5-7-15(8-6-13)24-14-3-1-2-4-14/h5-8,14H,1-4,9-12H2,(H,19,23)(H,21,22). The van der Waals surface area contributed by atoms with Crippen LogP contribution in [0.3, 0.4) is 0 Å². The molecule has 128 valence electrons. The number of hydrogen-bond acceptors (Lipinski definition) is 4. The zero-order valence-electron chi connectivity index (χ0n) is 13.7. The van der Waals surface area contributed by atoms with E-state index in [1.54, 1.807) is 0 Å². The summed E-state index contributed by atoms with van der Waals surface area (Å²) in [5, 5.41) is 6.62. The van der Waals surface area contributed by atoms with E-state index in [2.05, 4.69) is 15.8 Å². The van der Waals surface area contributed by atoms with E-state index in [4.69, 9.17) is 4.74 Å². The molecule has 2 N–H and O–H groups in total. The third-order valence-electron chi connectivity index (χ3n) is 4.39. The van der Waals surface area contributed by atoms with Crippen molar-refractivity contribution in [1.29, 1.82) is 0 Å². The van der Waals surface area contributed by atoms with Gasteiger partial charge in [0.2, 0.25) is 5.91 Å². The third kappa shape index (κ3) is 4.57. The molecule has 0 aromatic heterocycles. The molecule has 6 nitrogen and oxygen atoms in total. The summed E-state index contributed by atoms with van der Waals surface area (Å²) in [7, 11) is 0. The quantitative estimate of drug-likeness (QED) is 0.837. The number of hydrazone groups is 1. The summed E-state index contributed by atoms with van der Waals surface area (Å²) in [6.45, 7) is 0.536. The first kappa shape index (κ1) is 16.5. The van der Waals surface area contributed by atoms with Crippen LogP contribution in [-0.2, 0) is 16.0 Å². The number of nitrogens with one attached hydrogen (secondary N) is 2. The number of rotatable bonds is 6. The summed E-state index contributed by atoms with van der Waals surface area (Å²) >= 11 is 0. The second kappa shape index (κ2) is 7.95. The van der Waals surface area contributed by atoms with Gasteiger partial charge in [-0.05, 0) is 49.8 Å². The lowest BCUT2D eigenvalue weighted by molar-refractivity contribution is -0.121. The molecule has 1 aliphatic carbocycles. The Morgan fingerprint density at radius 3 is 2.62 bits per heavy atom. The van der Waals surface area contributed by atoms with E-state index in [1.165, 1.54) is 12.8 Å². The van der Waals surface area contributed by atoms with E-state index < -0.39 is 0 Å². The first-order valence-corrected chi connectivity index (χ1v) is 8.60. The van der Waals surface area contributed by atoms with Crippen molar-refractivity contribution >= 4 is 17.5 Å². The first-order valence-electron chi connectivity index (χ1n) is 8.60. The van der Waals surface area contributed by atoms with Crippen LogP contribution in [0, 0.1) is 0 Å². The molecule has 0 atom stereocenters. The fraction of sp³-hybridized carbons (Fsp3) is 0.500. The molecule has 1 fully saturated rings. The molecule has 1 aromatic rings. The largest absolute Gasteiger partial charge is 0.490 e. The number of ether oxygens (including phenoxy) is 1. The van der Waals surface area contributed by atoms with Gasteiger partial charge in [-0.2, -0.15) is 5.10 Å². The highest BCUT2D eigenvalue weighted by molar-refractivity contribution is 6.39. The van der Waals surface area contributed by atoms with E-state index in [0.29, 0.717) is 31.2 Å². The van der Waals surface area contributed by atoms with Crippen LogP contribution in [-0.4, -0.2) is 30.2 Å². The molecular formula is C18H23N3O3. The van der Waals surface area contributed by atoms with Crippen molar-refractivity contribution in [3.05, 3.63) is 29.8 Å². The zero-order valence-corrected chi connectivity index (χ0v) is 13.7. The summed E-state index contributed by atoms with van der Waals surface area (Å²) in [6.07, 6.45) is 6.65. The van der Waals surface area contributed by atoms with E-state index in [1.807, 2.05) is 24.3 Å². The van der Waals surface area contributed by atoms with Crippen LogP contribution in [0.4, 0.5) is 0 Å². The summed E-state index contributed by atoms with van der Waals surface area (Å²) in [5.41, 5.74) is 3.86. The second-order valence-electron chi connectivity index (χ2n) is 6.27. The van der Waals surface area contributed by atoms with Crippen LogP contribution in [0.5, 0.6) is 5.75 Å². The summed E-state index contributed by atoms with van der Waals surface area (Å²) in [5.74, 6) is 0.560. The highest BCUT2D eigenvalue weighted by Crippen LogP contribution is 2.24. The van der Waals surface area contributed by atoms with Crippen molar-refractivity contribution in [3.8, 4) is 5.75 Å². The lowest BCUT2D eigenvalue weighted by Gasteiger charge is -2.13. The van der Waals surface area contributed by atoms with Crippen molar-refractivity contribution in [2.45, 2.75) is 51.0 Å². The molecule has 2 amide bonds. The van der Waals surface area contributed by atoms with Crippen molar-refractivity contribution in [2.24, 2.45) is 5.10 Å². The third-order valence-corrected chi connectivity index (χ3v) is 4.39. The summed E-state index contributed by atoms with van der Waals surface area (Å²) in [6, 6.07) is 8.07. The van der Waals surface area contributed by atoms with E-state index in [9.17, 15) is 9.59 Å². The van der Waals surface area contributed by atoms with E-state index >= 15 is 0 Å². The van der Waals surface area contributed by atoms with Crippen LogP contribution in [0.2, 0.25) is 0 Å². The van der Waals surface area contributed by atoms with Gasteiger partial charge < -0.3 is 10.1 Å². The number of carbonyl (C=O) groups excluding carboxylic acids is 2. The Bertz CT molecular complexity index is 619. The topological polar surface area (TPSA) is 79.8 Å². The Kier molecular flexibility index (Phi) is 5.46. The Balaban J connectivity index is 1.41. The molecule has 2 aliphatic rings. The maximum atomic E-state index is 11.9. The van der Waals surface area contributed by atoms with Gasteiger partial charge >= 0.3 is 0 Å². The van der Waals surface area contributed by atoms with Gasteiger partial charge in [0, 0.05) is 19.4 Å². The minimum Gasteiger partial charge on any atom is -0.490 e. The molecule has 0 radical (unpaired) electrons. The molecule has 3 rings (SSSR count). The van der Waals surface area contributed by atoms with Crippen LogP contribution in [0.1, 0.15) is 44.1 Å². The second-order valence-corrected chi connectivity index (χ2v) is 6.27. The Hall–Kier alpha value is -2.37. The Morgan fingerprint density at radius 1 is 1.21 bits per heavy atom. The maximum absolute atomic E-state index is 11.9. The van der Waals surface area contributed by atoms with Crippen molar-refractivity contribution in [1.82, 2.24) is 10.7 Å².